The number of benzene rings is 3. The van der Waals surface area contributed by atoms with Gasteiger partial charge in [0, 0.05) is 16.8 Å². The Morgan fingerprint density at radius 1 is 1.00 bits per heavy atom. The molecule has 4 aromatic rings. The Bertz CT molecular complexity index is 1380. The summed E-state index contributed by atoms with van der Waals surface area (Å²) in [5, 5.41) is 2.64. The average Bonchev–Trinajstić information content (AvgIpc) is 2.83. The van der Waals surface area contributed by atoms with Crippen LogP contribution in [0.4, 0.5) is 0 Å². The maximum absolute atomic E-state index is 12.5. The summed E-state index contributed by atoms with van der Waals surface area (Å²) in [5.41, 5.74) is 7.68. The van der Waals surface area contributed by atoms with E-state index in [9.17, 15) is 9.59 Å². The normalized spacial score (nSPS) is 18.4. The number of fused-ring (bicyclic) bond motifs is 3. The molecule has 2 N–H and O–H groups in total. The van der Waals surface area contributed by atoms with Crippen LogP contribution in [0.1, 0.15) is 23.2 Å². The van der Waals surface area contributed by atoms with Crippen LogP contribution >= 0.6 is 0 Å². The van der Waals surface area contributed by atoms with Crippen LogP contribution in [0.15, 0.2) is 87.0 Å². The molecule has 0 saturated carbocycles. The Hall–Kier alpha value is -3.97. The molecule has 5 rings (SSSR count). The molecule has 1 aliphatic rings. The Labute approximate surface area is 177 Å². The molecule has 0 amide bonds. The van der Waals surface area contributed by atoms with Gasteiger partial charge in [0.1, 0.15) is 5.58 Å². The fraction of sp³-hybridized carbons (Fsp3) is 0.125. The van der Waals surface area contributed by atoms with E-state index in [1.807, 2.05) is 66.7 Å². The summed E-state index contributed by atoms with van der Waals surface area (Å²) in [7, 11) is 1.30. The number of aliphatic imine (C=N–C) groups is 1. The molecular weight excluding hydrogens is 394 g/mol. The largest absolute Gasteiger partial charge is 0.463 e. The standard InChI is InChI=1S/C24H19N3O4/c1-30-24(29)23-25-20(15-8-3-2-4-9-15)21(26-27-23)18-13-19(28)31-22-16-10-6-5-7-14(16)11-12-17(18)22/h2-13,20-21,26H,1H3,(H,25,27). The van der Waals surface area contributed by atoms with Gasteiger partial charge in [-0.05, 0) is 16.5 Å². The van der Waals surface area contributed by atoms with E-state index in [4.69, 9.17) is 9.15 Å². The number of methoxy groups -OCH3 is 1. The van der Waals surface area contributed by atoms with Crippen molar-refractivity contribution in [1.29, 1.82) is 0 Å². The van der Waals surface area contributed by atoms with Gasteiger partial charge in [-0.15, -0.1) is 0 Å². The second-order valence-corrected chi connectivity index (χ2v) is 7.26. The minimum Gasteiger partial charge on any atom is -0.463 e. The van der Waals surface area contributed by atoms with Crippen LogP contribution in [-0.4, -0.2) is 18.9 Å². The summed E-state index contributed by atoms with van der Waals surface area (Å²) in [4.78, 5) is 29.2. The number of amidine groups is 1. The molecule has 2 heterocycles. The van der Waals surface area contributed by atoms with Crippen molar-refractivity contribution >= 4 is 33.5 Å². The van der Waals surface area contributed by atoms with Gasteiger partial charge in [-0.3, -0.25) is 10.4 Å². The van der Waals surface area contributed by atoms with Crippen LogP contribution < -0.4 is 16.5 Å². The molecular formula is C24H19N3O4. The van der Waals surface area contributed by atoms with Crippen LogP contribution in [0.5, 0.6) is 0 Å². The highest BCUT2D eigenvalue weighted by Crippen LogP contribution is 2.37. The van der Waals surface area contributed by atoms with Gasteiger partial charge in [-0.25, -0.2) is 15.0 Å². The highest BCUT2D eigenvalue weighted by atomic mass is 16.5. The zero-order chi connectivity index (χ0) is 21.4. The van der Waals surface area contributed by atoms with Gasteiger partial charge in [0.15, 0.2) is 0 Å². The molecule has 0 saturated heterocycles. The SMILES string of the molecule is COC(=O)C1=NC(c2ccccc2)C(c2cc(=O)oc3c2ccc2ccccc23)NN1. The molecule has 0 fully saturated rings. The topological polar surface area (TPSA) is 92.9 Å². The summed E-state index contributed by atoms with van der Waals surface area (Å²) in [6, 6.07) is 21.9. The first-order chi connectivity index (χ1) is 15.2. The predicted octanol–water partition coefficient (Wildman–Crippen LogP) is 3.41. The third-order valence-electron chi connectivity index (χ3n) is 5.45. The first-order valence-corrected chi connectivity index (χ1v) is 9.84. The number of rotatable bonds is 3. The molecule has 1 aliphatic heterocycles. The molecule has 31 heavy (non-hydrogen) atoms. The third kappa shape index (κ3) is 3.35. The van der Waals surface area contributed by atoms with Gasteiger partial charge >= 0.3 is 11.6 Å². The van der Waals surface area contributed by atoms with E-state index < -0.39 is 23.7 Å². The first-order valence-electron chi connectivity index (χ1n) is 9.84. The number of hydrazine groups is 1. The number of ether oxygens (including phenoxy) is 1. The monoisotopic (exact) mass is 413 g/mol. The number of nitrogens with one attached hydrogen (secondary N) is 2. The van der Waals surface area contributed by atoms with E-state index in [-0.39, 0.29) is 5.84 Å². The minimum atomic E-state index is -0.574. The van der Waals surface area contributed by atoms with Gasteiger partial charge in [-0.1, -0.05) is 66.7 Å². The molecule has 0 aliphatic carbocycles. The van der Waals surface area contributed by atoms with E-state index in [0.29, 0.717) is 5.58 Å². The maximum atomic E-state index is 12.5. The van der Waals surface area contributed by atoms with Crippen LogP contribution in [0.25, 0.3) is 21.7 Å². The summed E-state index contributed by atoms with van der Waals surface area (Å²) < 4.78 is 10.4. The summed E-state index contributed by atoms with van der Waals surface area (Å²) in [6.07, 6.45) is 0. The summed E-state index contributed by atoms with van der Waals surface area (Å²) in [5.74, 6) is -0.499. The lowest BCUT2D eigenvalue weighted by atomic mass is 9.91. The number of nitrogens with zero attached hydrogens (tertiary/aromatic N) is 1. The van der Waals surface area contributed by atoms with E-state index in [2.05, 4.69) is 15.8 Å². The van der Waals surface area contributed by atoms with Crippen LogP contribution in [0.2, 0.25) is 0 Å². The van der Waals surface area contributed by atoms with Gasteiger partial charge in [0.05, 0.1) is 19.2 Å². The van der Waals surface area contributed by atoms with Gasteiger partial charge in [0.2, 0.25) is 5.84 Å². The lowest BCUT2D eigenvalue weighted by molar-refractivity contribution is -0.133. The van der Waals surface area contributed by atoms with E-state index in [1.54, 1.807) is 0 Å². The van der Waals surface area contributed by atoms with Crippen LogP contribution in [-0.2, 0) is 9.53 Å². The number of esters is 1. The number of hydrogen-bond donors (Lipinski definition) is 2. The van der Waals surface area contributed by atoms with E-state index in [0.717, 1.165) is 27.3 Å². The zero-order valence-corrected chi connectivity index (χ0v) is 16.7. The average molecular weight is 413 g/mol. The maximum Gasteiger partial charge on any atom is 0.374 e. The molecule has 3 aromatic carbocycles. The predicted molar refractivity (Wildman–Crippen MR) is 118 cm³/mol. The molecule has 0 bridgehead atoms. The highest BCUT2D eigenvalue weighted by molar-refractivity contribution is 6.35. The van der Waals surface area contributed by atoms with Crippen molar-refractivity contribution in [3.63, 3.8) is 0 Å². The molecule has 2 atom stereocenters. The molecule has 1 aromatic heterocycles. The number of carbonyl (C=O) groups excluding carboxylic acids is 1. The molecule has 7 nitrogen and oxygen atoms in total. The zero-order valence-electron chi connectivity index (χ0n) is 16.7. The van der Waals surface area contributed by atoms with Crippen LogP contribution in [0.3, 0.4) is 0 Å². The van der Waals surface area contributed by atoms with E-state index >= 15 is 0 Å². The molecule has 0 spiro atoms. The second kappa shape index (κ2) is 7.70. The molecule has 0 radical (unpaired) electrons. The minimum absolute atomic E-state index is 0.0744. The number of carbonyl (C=O) groups is 1. The Morgan fingerprint density at radius 2 is 1.77 bits per heavy atom. The van der Waals surface area contributed by atoms with Crippen molar-refractivity contribution in [2.45, 2.75) is 12.1 Å². The fourth-order valence-corrected chi connectivity index (χ4v) is 4.01. The van der Waals surface area contributed by atoms with Crippen molar-refractivity contribution < 1.29 is 13.9 Å². The smallest absolute Gasteiger partial charge is 0.374 e. The van der Waals surface area contributed by atoms with Crippen molar-refractivity contribution in [2.75, 3.05) is 7.11 Å². The Morgan fingerprint density at radius 3 is 2.58 bits per heavy atom. The van der Waals surface area contributed by atoms with Gasteiger partial charge in [-0.2, -0.15) is 0 Å². The van der Waals surface area contributed by atoms with E-state index in [1.165, 1.54) is 13.2 Å². The highest BCUT2D eigenvalue weighted by Gasteiger charge is 2.33. The van der Waals surface area contributed by atoms with Gasteiger partial charge in [0.25, 0.3) is 0 Å². The lowest BCUT2D eigenvalue weighted by Crippen LogP contribution is -2.49. The first kappa shape index (κ1) is 19.0. The number of hydrogen-bond acceptors (Lipinski definition) is 7. The van der Waals surface area contributed by atoms with Crippen molar-refractivity contribution in [1.82, 2.24) is 10.9 Å². The van der Waals surface area contributed by atoms with Crippen molar-refractivity contribution in [2.24, 2.45) is 4.99 Å². The molecule has 2 unspecified atom stereocenters. The summed E-state index contributed by atoms with van der Waals surface area (Å²) >= 11 is 0. The van der Waals surface area contributed by atoms with Crippen molar-refractivity contribution in [3.8, 4) is 0 Å². The quantitative estimate of drug-likeness (QED) is 0.304. The van der Waals surface area contributed by atoms with Gasteiger partial charge < -0.3 is 9.15 Å². The second-order valence-electron chi connectivity index (χ2n) is 7.26. The third-order valence-corrected chi connectivity index (χ3v) is 5.45. The Kier molecular flexibility index (Phi) is 4.72. The Balaban J connectivity index is 1.73. The lowest BCUT2D eigenvalue weighted by Gasteiger charge is -2.31. The van der Waals surface area contributed by atoms with Crippen molar-refractivity contribution in [3.05, 3.63) is 94.3 Å². The summed E-state index contributed by atoms with van der Waals surface area (Å²) in [6.45, 7) is 0. The fourth-order valence-electron chi connectivity index (χ4n) is 4.01. The van der Waals surface area contributed by atoms with Crippen LogP contribution in [0, 0.1) is 0 Å². The molecule has 7 heteroatoms. The molecule has 154 valence electrons.